The van der Waals surface area contributed by atoms with Crippen LogP contribution < -0.4 is 0 Å². The van der Waals surface area contributed by atoms with Crippen molar-refractivity contribution in [3.63, 3.8) is 0 Å². The van der Waals surface area contributed by atoms with E-state index in [1.807, 2.05) is 0 Å². The summed E-state index contributed by atoms with van der Waals surface area (Å²) >= 11 is 0. The number of unbranched alkanes of at least 4 members (excludes halogenated alkanes) is 3. The van der Waals surface area contributed by atoms with E-state index in [2.05, 4.69) is 32.0 Å². The van der Waals surface area contributed by atoms with Gasteiger partial charge >= 0.3 is 0 Å². The van der Waals surface area contributed by atoms with Crippen LogP contribution in [0.1, 0.15) is 108 Å². The molecule has 0 saturated heterocycles. The van der Waals surface area contributed by atoms with Crippen LogP contribution in [0.5, 0.6) is 0 Å². The molecule has 0 spiro atoms. The molecule has 5 unspecified atom stereocenters. The Bertz CT molecular complexity index is 650. The van der Waals surface area contributed by atoms with Crippen LogP contribution >= 0.6 is 0 Å². The van der Waals surface area contributed by atoms with Crippen molar-refractivity contribution in [3.05, 3.63) is 34.9 Å². The zero-order chi connectivity index (χ0) is 20.8. The average molecular weight is 411 g/mol. The highest BCUT2D eigenvalue weighted by atomic mass is 16.5. The molecule has 2 fully saturated rings. The van der Waals surface area contributed by atoms with Gasteiger partial charge in [0, 0.05) is 6.61 Å². The van der Waals surface area contributed by atoms with E-state index in [4.69, 9.17) is 4.74 Å². The Labute approximate surface area is 186 Å². The summed E-state index contributed by atoms with van der Waals surface area (Å²) in [6.45, 7) is 5.50. The smallest absolute Gasteiger partial charge is 0.0578 e. The molecule has 3 aliphatic carbocycles. The van der Waals surface area contributed by atoms with Gasteiger partial charge in [0.25, 0.3) is 0 Å². The maximum absolute atomic E-state index is 6.11. The molecule has 2 saturated carbocycles. The first kappa shape index (κ1) is 22.4. The molecule has 4 rings (SSSR count). The van der Waals surface area contributed by atoms with E-state index in [0.717, 1.165) is 36.7 Å². The lowest BCUT2D eigenvalue weighted by atomic mass is 9.62. The maximum Gasteiger partial charge on any atom is 0.0578 e. The lowest BCUT2D eigenvalue weighted by molar-refractivity contribution is -0.0236. The Morgan fingerprint density at radius 3 is 2.40 bits per heavy atom. The van der Waals surface area contributed by atoms with Gasteiger partial charge in [0.2, 0.25) is 0 Å². The van der Waals surface area contributed by atoms with E-state index in [9.17, 15) is 0 Å². The molecule has 3 aliphatic rings. The largest absolute Gasteiger partial charge is 0.378 e. The fourth-order valence-electron chi connectivity index (χ4n) is 6.90. The van der Waals surface area contributed by atoms with Crippen LogP contribution in [0.25, 0.3) is 0 Å². The summed E-state index contributed by atoms with van der Waals surface area (Å²) in [4.78, 5) is 0. The molecule has 1 nitrogen and oxygen atoms in total. The van der Waals surface area contributed by atoms with Gasteiger partial charge in [0.1, 0.15) is 0 Å². The molecule has 5 atom stereocenters. The van der Waals surface area contributed by atoms with Crippen molar-refractivity contribution < 1.29 is 4.74 Å². The first-order valence-electron chi connectivity index (χ1n) is 13.5. The summed E-state index contributed by atoms with van der Waals surface area (Å²) in [5.41, 5.74) is 4.95. The Hall–Kier alpha value is -0.820. The summed E-state index contributed by atoms with van der Waals surface area (Å²) in [5, 5.41) is 0. The Morgan fingerprint density at radius 1 is 0.767 bits per heavy atom. The van der Waals surface area contributed by atoms with Crippen molar-refractivity contribution in [1.29, 1.82) is 0 Å². The van der Waals surface area contributed by atoms with E-state index < -0.39 is 0 Å². The zero-order valence-corrected chi connectivity index (χ0v) is 19.8. The van der Waals surface area contributed by atoms with Crippen LogP contribution in [-0.2, 0) is 24.0 Å². The Balaban J connectivity index is 1.27. The topological polar surface area (TPSA) is 9.23 Å². The molecule has 0 aromatic heterocycles. The highest BCUT2D eigenvalue weighted by Crippen LogP contribution is 2.47. The van der Waals surface area contributed by atoms with Crippen LogP contribution in [0.2, 0.25) is 0 Å². The maximum atomic E-state index is 6.11. The second-order valence-corrected chi connectivity index (χ2v) is 10.8. The van der Waals surface area contributed by atoms with E-state index in [1.54, 1.807) is 16.7 Å². The number of benzene rings is 1. The van der Waals surface area contributed by atoms with Crippen molar-refractivity contribution in [2.75, 3.05) is 6.61 Å². The van der Waals surface area contributed by atoms with Gasteiger partial charge in [-0.25, -0.2) is 0 Å². The minimum absolute atomic E-state index is 0.570. The van der Waals surface area contributed by atoms with Crippen molar-refractivity contribution in [2.24, 2.45) is 23.7 Å². The summed E-state index contributed by atoms with van der Waals surface area (Å²) in [6.07, 6.45) is 21.2. The fourth-order valence-corrected chi connectivity index (χ4v) is 6.90. The van der Waals surface area contributed by atoms with Crippen molar-refractivity contribution >= 4 is 0 Å². The van der Waals surface area contributed by atoms with Crippen LogP contribution in [0.3, 0.4) is 0 Å². The molecule has 0 radical (unpaired) electrons. The van der Waals surface area contributed by atoms with Gasteiger partial charge in [-0.1, -0.05) is 51.3 Å². The van der Waals surface area contributed by atoms with Crippen molar-refractivity contribution in [1.82, 2.24) is 0 Å². The van der Waals surface area contributed by atoms with Crippen molar-refractivity contribution in [2.45, 2.75) is 116 Å². The average Bonchev–Trinajstić information content (AvgIpc) is 2.79. The minimum atomic E-state index is 0.570. The number of fused-ring (bicyclic) bond motifs is 2. The van der Waals surface area contributed by atoms with Gasteiger partial charge in [-0.2, -0.15) is 0 Å². The summed E-state index contributed by atoms with van der Waals surface area (Å²) < 4.78 is 6.11. The van der Waals surface area contributed by atoms with E-state index in [-0.39, 0.29) is 0 Å². The van der Waals surface area contributed by atoms with E-state index >= 15 is 0 Å². The molecule has 0 amide bonds. The monoisotopic (exact) mass is 410 g/mol. The molecule has 0 heterocycles. The van der Waals surface area contributed by atoms with Crippen LogP contribution in [0.4, 0.5) is 0 Å². The van der Waals surface area contributed by atoms with Crippen LogP contribution in [0, 0.1) is 23.7 Å². The third-order valence-electron chi connectivity index (χ3n) is 8.69. The molecule has 168 valence electrons. The fraction of sp³-hybridized carbons (Fsp3) is 0.793. The number of aryl methyl sites for hydroxylation is 2. The number of rotatable bonds is 9. The van der Waals surface area contributed by atoms with Gasteiger partial charge < -0.3 is 4.74 Å². The molecule has 0 bridgehead atoms. The number of hydrogen-bond acceptors (Lipinski definition) is 1. The minimum Gasteiger partial charge on any atom is -0.378 e. The van der Waals surface area contributed by atoms with Gasteiger partial charge in [-0.15, -0.1) is 0 Å². The number of hydrogen-bond donors (Lipinski definition) is 0. The quantitative estimate of drug-likeness (QED) is 0.376. The summed E-state index contributed by atoms with van der Waals surface area (Å²) in [6, 6.07) is 7.51. The van der Waals surface area contributed by atoms with E-state index in [1.165, 1.54) is 89.9 Å². The molecule has 0 aliphatic heterocycles. The molecule has 0 N–H and O–H groups in total. The molecule has 1 heteroatoms. The SMILES string of the molecule is CCCCCCc1ccc2c(c1)CCC(C1CCC3CC(OCCC)CCC3C1)C2. The highest BCUT2D eigenvalue weighted by molar-refractivity contribution is 5.34. The van der Waals surface area contributed by atoms with Crippen LogP contribution in [0.15, 0.2) is 18.2 Å². The third-order valence-corrected chi connectivity index (χ3v) is 8.69. The standard InChI is InChI=1S/C29H46O/c1-3-5-6-7-8-22-9-10-24-19-25(12-11-23(24)18-22)26-13-14-28-21-29(30-17-4-2)16-15-27(28)20-26/h9-10,18,25-29H,3-8,11-17,19-21H2,1-2H3. The molecule has 1 aromatic rings. The summed E-state index contributed by atoms with van der Waals surface area (Å²) in [7, 11) is 0. The molecular weight excluding hydrogens is 364 g/mol. The third kappa shape index (κ3) is 5.70. The first-order valence-corrected chi connectivity index (χ1v) is 13.5. The molecule has 30 heavy (non-hydrogen) atoms. The lowest BCUT2D eigenvalue weighted by Crippen LogP contribution is -2.37. The Morgan fingerprint density at radius 2 is 1.57 bits per heavy atom. The van der Waals surface area contributed by atoms with Crippen LogP contribution in [-0.4, -0.2) is 12.7 Å². The second-order valence-electron chi connectivity index (χ2n) is 10.8. The number of ether oxygens (including phenoxy) is 1. The summed E-state index contributed by atoms with van der Waals surface area (Å²) in [5.74, 6) is 3.89. The molecular formula is C29H46O. The van der Waals surface area contributed by atoms with Gasteiger partial charge in [0.15, 0.2) is 0 Å². The first-order chi connectivity index (χ1) is 14.8. The second kappa shape index (κ2) is 11.2. The van der Waals surface area contributed by atoms with Gasteiger partial charge in [-0.3, -0.25) is 0 Å². The predicted octanol–water partition coefficient (Wildman–Crippen LogP) is 7.93. The normalized spacial score (nSPS) is 31.2. The van der Waals surface area contributed by atoms with Crippen molar-refractivity contribution in [3.8, 4) is 0 Å². The zero-order valence-electron chi connectivity index (χ0n) is 19.8. The highest BCUT2D eigenvalue weighted by Gasteiger charge is 2.38. The lowest BCUT2D eigenvalue weighted by Gasteiger charge is -2.45. The van der Waals surface area contributed by atoms with E-state index in [0.29, 0.717) is 6.10 Å². The van der Waals surface area contributed by atoms with Gasteiger partial charge in [0.05, 0.1) is 6.10 Å². The Kier molecular flexibility index (Phi) is 8.33. The van der Waals surface area contributed by atoms with Gasteiger partial charge in [-0.05, 0) is 117 Å². The predicted molar refractivity (Wildman–Crippen MR) is 128 cm³/mol. The molecule has 1 aromatic carbocycles.